The van der Waals surface area contributed by atoms with Crippen LogP contribution in [0.2, 0.25) is 0 Å². The zero-order valence-electron chi connectivity index (χ0n) is 11.4. The van der Waals surface area contributed by atoms with E-state index < -0.39 is 0 Å². The summed E-state index contributed by atoms with van der Waals surface area (Å²) in [5.41, 5.74) is 1.97. The number of halogens is 1. The molecule has 0 aliphatic rings. The zero-order valence-corrected chi connectivity index (χ0v) is 11.4. The SMILES string of the molecule is Cc1cc(C(C)CCNCC(C)C)ccc1F. The van der Waals surface area contributed by atoms with Crippen molar-refractivity contribution in [1.82, 2.24) is 5.32 Å². The van der Waals surface area contributed by atoms with E-state index in [1.165, 1.54) is 5.56 Å². The molecule has 0 bridgehead atoms. The molecule has 0 radical (unpaired) electrons. The second-order valence-corrected chi connectivity index (χ2v) is 5.30. The van der Waals surface area contributed by atoms with Gasteiger partial charge in [-0.05, 0) is 55.5 Å². The Labute approximate surface area is 104 Å². The lowest BCUT2D eigenvalue weighted by atomic mass is 9.96. The number of benzene rings is 1. The maximum Gasteiger partial charge on any atom is 0.126 e. The van der Waals surface area contributed by atoms with Crippen molar-refractivity contribution < 1.29 is 4.39 Å². The molecule has 0 aromatic heterocycles. The minimum absolute atomic E-state index is 0.112. The highest BCUT2D eigenvalue weighted by molar-refractivity contribution is 5.26. The van der Waals surface area contributed by atoms with Crippen molar-refractivity contribution in [1.29, 1.82) is 0 Å². The Kier molecular flexibility index (Phi) is 5.63. The van der Waals surface area contributed by atoms with E-state index in [4.69, 9.17) is 0 Å². The van der Waals surface area contributed by atoms with Crippen LogP contribution in [0.25, 0.3) is 0 Å². The van der Waals surface area contributed by atoms with Crippen molar-refractivity contribution in [2.45, 2.75) is 40.0 Å². The maximum atomic E-state index is 13.1. The Balaban J connectivity index is 2.41. The number of aryl methyl sites for hydroxylation is 1. The molecular formula is C15H24FN. The Bertz CT molecular complexity index is 347. The van der Waals surface area contributed by atoms with Crippen molar-refractivity contribution in [3.05, 3.63) is 35.1 Å². The van der Waals surface area contributed by atoms with Gasteiger partial charge in [-0.3, -0.25) is 0 Å². The van der Waals surface area contributed by atoms with Crippen LogP contribution in [-0.2, 0) is 0 Å². The fourth-order valence-corrected chi connectivity index (χ4v) is 1.85. The summed E-state index contributed by atoms with van der Waals surface area (Å²) >= 11 is 0. The smallest absolute Gasteiger partial charge is 0.126 e. The Morgan fingerprint density at radius 2 is 1.94 bits per heavy atom. The van der Waals surface area contributed by atoms with Crippen LogP contribution in [0.15, 0.2) is 18.2 Å². The molecule has 0 saturated carbocycles. The van der Waals surface area contributed by atoms with E-state index in [0.717, 1.165) is 25.1 Å². The highest BCUT2D eigenvalue weighted by Gasteiger charge is 2.07. The lowest BCUT2D eigenvalue weighted by molar-refractivity contribution is 0.524. The molecule has 0 spiro atoms. The van der Waals surface area contributed by atoms with Crippen LogP contribution in [0.4, 0.5) is 4.39 Å². The molecule has 1 aromatic carbocycles. The molecule has 0 saturated heterocycles. The molecule has 0 heterocycles. The average Bonchev–Trinajstić information content (AvgIpc) is 2.27. The first-order valence-electron chi connectivity index (χ1n) is 6.47. The van der Waals surface area contributed by atoms with Gasteiger partial charge in [0.1, 0.15) is 5.82 Å². The molecule has 1 aromatic rings. The topological polar surface area (TPSA) is 12.0 Å². The van der Waals surface area contributed by atoms with Gasteiger partial charge in [-0.15, -0.1) is 0 Å². The van der Waals surface area contributed by atoms with E-state index in [2.05, 4.69) is 26.1 Å². The second kappa shape index (κ2) is 6.75. The summed E-state index contributed by atoms with van der Waals surface area (Å²) in [6.45, 7) is 10.5. The first kappa shape index (κ1) is 14.2. The molecule has 1 nitrogen and oxygen atoms in total. The van der Waals surface area contributed by atoms with Gasteiger partial charge in [0.15, 0.2) is 0 Å². The molecule has 0 aliphatic carbocycles. The quantitative estimate of drug-likeness (QED) is 0.740. The third-order valence-corrected chi connectivity index (χ3v) is 3.06. The fourth-order valence-electron chi connectivity index (χ4n) is 1.85. The van der Waals surface area contributed by atoms with Crippen molar-refractivity contribution in [2.75, 3.05) is 13.1 Å². The van der Waals surface area contributed by atoms with Gasteiger partial charge < -0.3 is 5.32 Å². The average molecular weight is 237 g/mol. The predicted octanol–water partition coefficient (Wildman–Crippen LogP) is 3.87. The lowest BCUT2D eigenvalue weighted by Crippen LogP contribution is -2.21. The molecule has 2 heteroatoms. The molecular weight excluding hydrogens is 213 g/mol. The normalized spacial score (nSPS) is 13.1. The number of rotatable bonds is 6. The van der Waals surface area contributed by atoms with E-state index in [1.54, 1.807) is 6.07 Å². The maximum absolute atomic E-state index is 13.1. The van der Waals surface area contributed by atoms with E-state index in [1.807, 2.05) is 19.1 Å². The summed E-state index contributed by atoms with van der Waals surface area (Å²) in [4.78, 5) is 0. The van der Waals surface area contributed by atoms with Crippen LogP contribution in [0.5, 0.6) is 0 Å². The lowest BCUT2D eigenvalue weighted by Gasteiger charge is -2.14. The monoisotopic (exact) mass is 237 g/mol. The minimum atomic E-state index is -0.112. The van der Waals surface area contributed by atoms with Gasteiger partial charge in [-0.2, -0.15) is 0 Å². The molecule has 17 heavy (non-hydrogen) atoms. The third-order valence-electron chi connectivity index (χ3n) is 3.06. The van der Waals surface area contributed by atoms with Crippen LogP contribution >= 0.6 is 0 Å². The van der Waals surface area contributed by atoms with Gasteiger partial charge >= 0.3 is 0 Å². The van der Waals surface area contributed by atoms with Gasteiger partial charge in [0.2, 0.25) is 0 Å². The van der Waals surface area contributed by atoms with Crippen LogP contribution in [-0.4, -0.2) is 13.1 Å². The third kappa shape index (κ3) is 4.86. The largest absolute Gasteiger partial charge is 0.316 e. The van der Waals surface area contributed by atoms with Crippen molar-refractivity contribution in [2.24, 2.45) is 5.92 Å². The first-order chi connectivity index (χ1) is 8.00. The fraction of sp³-hybridized carbons (Fsp3) is 0.600. The molecule has 1 N–H and O–H groups in total. The summed E-state index contributed by atoms with van der Waals surface area (Å²) in [5, 5.41) is 3.44. The van der Waals surface area contributed by atoms with Crippen LogP contribution < -0.4 is 5.32 Å². The molecule has 1 atom stereocenters. The van der Waals surface area contributed by atoms with Crippen LogP contribution in [0.3, 0.4) is 0 Å². The van der Waals surface area contributed by atoms with Crippen molar-refractivity contribution in [3.63, 3.8) is 0 Å². The zero-order chi connectivity index (χ0) is 12.8. The molecule has 0 aliphatic heterocycles. The molecule has 0 amide bonds. The molecule has 0 fully saturated rings. The predicted molar refractivity (Wildman–Crippen MR) is 71.9 cm³/mol. The summed E-state index contributed by atoms with van der Waals surface area (Å²) in [6.07, 6.45) is 1.10. The summed E-state index contributed by atoms with van der Waals surface area (Å²) in [5.74, 6) is 1.06. The summed E-state index contributed by atoms with van der Waals surface area (Å²) in [6, 6.07) is 5.43. The van der Waals surface area contributed by atoms with Crippen LogP contribution in [0, 0.1) is 18.7 Å². The Morgan fingerprint density at radius 3 is 2.53 bits per heavy atom. The standard InChI is InChI=1S/C15H24FN/c1-11(2)10-17-8-7-12(3)14-5-6-15(16)13(4)9-14/h5-6,9,11-12,17H,7-8,10H2,1-4H3. The van der Waals surface area contributed by atoms with Gasteiger partial charge in [0, 0.05) is 0 Å². The second-order valence-electron chi connectivity index (χ2n) is 5.30. The molecule has 96 valence electrons. The Morgan fingerprint density at radius 1 is 1.24 bits per heavy atom. The van der Waals surface area contributed by atoms with E-state index in [0.29, 0.717) is 11.8 Å². The van der Waals surface area contributed by atoms with Crippen molar-refractivity contribution >= 4 is 0 Å². The molecule has 1 rings (SSSR count). The number of hydrogen-bond acceptors (Lipinski definition) is 1. The van der Waals surface area contributed by atoms with E-state index >= 15 is 0 Å². The minimum Gasteiger partial charge on any atom is -0.316 e. The van der Waals surface area contributed by atoms with Crippen molar-refractivity contribution in [3.8, 4) is 0 Å². The number of nitrogens with one attached hydrogen (secondary N) is 1. The Hall–Kier alpha value is -0.890. The van der Waals surface area contributed by atoms with Crippen LogP contribution in [0.1, 0.15) is 44.2 Å². The summed E-state index contributed by atoms with van der Waals surface area (Å²) < 4.78 is 13.1. The highest BCUT2D eigenvalue weighted by atomic mass is 19.1. The summed E-state index contributed by atoms with van der Waals surface area (Å²) in [7, 11) is 0. The van der Waals surface area contributed by atoms with E-state index in [-0.39, 0.29) is 5.82 Å². The molecule has 1 unspecified atom stereocenters. The first-order valence-corrected chi connectivity index (χ1v) is 6.47. The van der Waals surface area contributed by atoms with Gasteiger partial charge in [-0.1, -0.05) is 32.9 Å². The van der Waals surface area contributed by atoms with E-state index in [9.17, 15) is 4.39 Å². The van der Waals surface area contributed by atoms with Gasteiger partial charge in [0.25, 0.3) is 0 Å². The highest BCUT2D eigenvalue weighted by Crippen LogP contribution is 2.20. The number of hydrogen-bond donors (Lipinski definition) is 1. The van der Waals surface area contributed by atoms with Gasteiger partial charge in [-0.25, -0.2) is 4.39 Å². The van der Waals surface area contributed by atoms with Gasteiger partial charge in [0.05, 0.1) is 0 Å².